The fourth-order valence-corrected chi connectivity index (χ4v) is 3.85. The van der Waals surface area contributed by atoms with Crippen molar-refractivity contribution in [3.63, 3.8) is 0 Å². The summed E-state index contributed by atoms with van der Waals surface area (Å²) in [6, 6.07) is 0.685. The first-order valence-corrected chi connectivity index (χ1v) is 9.09. The summed E-state index contributed by atoms with van der Waals surface area (Å²) < 4.78 is 7.45. The van der Waals surface area contributed by atoms with Crippen LogP contribution >= 0.6 is 0 Å². The van der Waals surface area contributed by atoms with Gasteiger partial charge in [0.05, 0.1) is 6.54 Å². The predicted octanol–water partition coefficient (Wildman–Crippen LogP) is 1.02. The zero-order valence-corrected chi connectivity index (χ0v) is 14.5. The van der Waals surface area contributed by atoms with Gasteiger partial charge in [0.2, 0.25) is 0 Å². The van der Waals surface area contributed by atoms with Gasteiger partial charge in [-0.3, -0.25) is 9.80 Å². The molecule has 1 unspecified atom stereocenters. The third-order valence-corrected chi connectivity index (χ3v) is 5.32. The van der Waals surface area contributed by atoms with E-state index < -0.39 is 0 Å². The Morgan fingerprint density at radius 3 is 2.70 bits per heavy atom. The first-order chi connectivity index (χ1) is 11.3. The van der Waals surface area contributed by atoms with Gasteiger partial charge in [-0.2, -0.15) is 0 Å². The molecule has 130 valence electrons. The van der Waals surface area contributed by atoms with Crippen LogP contribution in [-0.2, 0) is 17.8 Å². The van der Waals surface area contributed by atoms with E-state index in [1.807, 2.05) is 4.68 Å². The SMILES string of the molecule is CCN(CC)C1CCN(Cc2nnnn2CC2CCOCC2)C1. The van der Waals surface area contributed by atoms with Gasteiger partial charge < -0.3 is 4.74 Å². The van der Waals surface area contributed by atoms with E-state index in [-0.39, 0.29) is 0 Å². The highest BCUT2D eigenvalue weighted by Crippen LogP contribution is 2.19. The molecule has 0 bridgehead atoms. The van der Waals surface area contributed by atoms with Crippen LogP contribution in [0.4, 0.5) is 0 Å². The molecule has 0 aromatic carbocycles. The second-order valence-electron chi connectivity index (χ2n) is 6.73. The fraction of sp³-hybridized carbons (Fsp3) is 0.938. The van der Waals surface area contributed by atoms with Crippen molar-refractivity contribution in [3.05, 3.63) is 5.82 Å². The number of likely N-dealkylation sites (tertiary alicyclic amines) is 1. The highest BCUT2D eigenvalue weighted by molar-refractivity contribution is 4.88. The lowest BCUT2D eigenvalue weighted by Gasteiger charge is -2.26. The van der Waals surface area contributed by atoms with E-state index >= 15 is 0 Å². The lowest BCUT2D eigenvalue weighted by atomic mass is 10.0. The zero-order chi connectivity index (χ0) is 16.1. The van der Waals surface area contributed by atoms with Crippen molar-refractivity contribution in [2.45, 2.75) is 52.2 Å². The summed E-state index contributed by atoms with van der Waals surface area (Å²) in [6.45, 7) is 12.6. The second-order valence-corrected chi connectivity index (χ2v) is 6.73. The molecule has 2 aliphatic heterocycles. The molecule has 1 aromatic rings. The summed E-state index contributed by atoms with van der Waals surface area (Å²) in [6.07, 6.45) is 3.49. The van der Waals surface area contributed by atoms with Gasteiger partial charge in [-0.05, 0) is 48.7 Å². The summed E-state index contributed by atoms with van der Waals surface area (Å²) >= 11 is 0. The fourth-order valence-electron chi connectivity index (χ4n) is 3.85. The summed E-state index contributed by atoms with van der Waals surface area (Å²) in [5.74, 6) is 1.66. The molecule has 7 heteroatoms. The zero-order valence-electron chi connectivity index (χ0n) is 14.5. The molecule has 3 heterocycles. The van der Waals surface area contributed by atoms with Crippen molar-refractivity contribution in [1.29, 1.82) is 0 Å². The molecule has 0 spiro atoms. The monoisotopic (exact) mass is 322 g/mol. The number of tetrazole rings is 1. The number of ether oxygens (including phenoxy) is 1. The summed E-state index contributed by atoms with van der Waals surface area (Å²) in [7, 11) is 0. The van der Waals surface area contributed by atoms with Gasteiger partial charge in [-0.25, -0.2) is 4.68 Å². The molecular formula is C16H30N6O. The molecule has 7 nitrogen and oxygen atoms in total. The van der Waals surface area contributed by atoms with E-state index in [9.17, 15) is 0 Å². The van der Waals surface area contributed by atoms with Gasteiger partial charge in [0.15, 0.2) is 5.82 Å². The van der Waals surface area contributed by atoms with Crippen molar-refractivity contribution in [2.24, 2.45) is 5.92 Å². The number of rotatable bonds is 7. The van der Waals surface area contributed by atoms with Gasteiger partial charge in [0, 0.05) is 38.9 Å². The smallest absolute Gasteiger partial charge is 0.165 e. The van der Waals surface area contributed by atoms with Crippen molar-refractivity contribution in [1.82, 2.24) is 30.0 Å². The summed E-state index contributed by atoms with van der Waals surface area (Å²) in [4.78, 5) is 5.06. The predicted molar refractivity (Wildman–Crippen MR) is 88.0 cm³/mol. The first kappa shape index (κ1) is 16.8. The van der Waals surface area contributed by atoms with Crippen molar-refractivity contribution in [2.75, 3.05) is 39.4 Å². The number of likely N-dealkylation sites (N-methyl/N-ethyl adjacent to an activating group) is 1. The van der Waals surface area contributed by atoms with Gasteiger partial charge >= 0.3 is 0 Å². The highest BCUT2D eigenvalue weighted by atomic mass is 16.5. The second kappa shape index (κ2) is 8.17. The molecule has 0 aliphatic carbocycles. The molecule has 1 atom stereocenters. The minimum atomic E-state index is 0.646. The Kier molecular flexibility index (Phi) is 5.96. The lowest BCUT2D eigenvalue weighted by Crippen LogP contribution is -2.37. The molecule has 2 aliphatic rings. The summed E-state index contributed by atoms with van der Waals surface area (Å²) in [5.41, 5.74) is 0. The van der Waals surface area contributed by atoms with Crippen LogP contribution in [-0.4, -0.2) is 75.4 Å². The van der Waals surface area contributed by atoms with Gasteiger partial charge in [-0.1, -0.05) is 13.8 Å². The molecule has 2 saturated heterocycles. The van der Waals surface area contributed by atoms with Crippen molar-refractivity contribution >= 4 is 0 Å². The van der Waals surface area contributed by atoms with Crippen LogP contribution in [0.1, 0.15) is 38.9 Å². The van der Waals surface area contributed by atoms with Crippen LogP contribution < -0.4 is 0 Å². The Bertz CT molecular complexity index is 469. The van der Waals surface area contributed by atoms with Crippen LogP contribution in [0.5, 0.6) is 0 Å². The number of nitrogens with zero attached hydrogens (tertiary/aromatic N) is 6. The van der Waals surface area contributed by atoms with Crippen LogP contribution in [0.3, 0.4) is 0 Å². The average molecular weight is 322 g/mol. The van der Waals surface area contributed by atoms with Crippen LogP contribution in [0, 0.1) is 5.92 Å². The van der Waals surface area contributed by atoms with Gasteiger partial charge in [-0.15, -0.1) is 5.10 Å². The third-order valence-electron chi connectivity index (χ3n) is 5.32. The quantitative estimate of drug-likeness (QED) is 0.747. The molecule has 23 heavy (non-hydrogen) atoms. The standard InChI is InChI=1S/C16H30N6O/c1-3-21(4-2)15-5-8-20(12-15)13-16-17-18-19-22(16)11-14-6-9-23-10-7-14/h14-15H,3-13H2,1-2H3. The number of hydrogen-bond donors (Lipinski definition) is 0. The number of hydrogen-bond acceptors (Lipinski definition) is 6. The van der Waals surface area contributed by atoms with Gasteiger partial charge in [0.25, 0.3) is 0 Å². The minimum absolute atomic E-state index is 0.646. The molecular weight excluding hydrogens is 292 g/mol. The first-order valence-electron chi connectivity index (χ1n) is 9.09. The summed E-state index contributed by atoms with van der Waals surface area (Å²) in [5, 5.41) is 12.4. The Balaban J connectivity index is 1.53. The third kappa shape index (κ3) is 4.28. The van der Waals surface area contributed by atoms with Crippen molar-refractivity contribution in [3.8, 4) is 0 Å². The minimum Gasteiger partial charge on any atom is -0.381 e. The van der Waals surface area contributed by atoms with E-state index in [1.165, 1.54) is 6.42 Å². The molecule has 2 fully saturated rings. The Labute approximate surface area is 139 Å². The van der Waals surface area contributed by atoms with Crippen molar-refractivity contribution < 1.29 is 4.74 Å². The highest BCUT2D eigenvalue weighted by Gasteiger charge is 2.27. The van der Waals surface area contributed by atoms with Crippen LogP contribution in [0.25, 0.3) is 0 Å². The normalized spacial score (nSPS) is 23.9. The maximum absolute atomic E-state index is 5.44. The van der Waals surface area contributed by atoms with Gasteiger partial charge in [0.1, 0.15) is 0 Å². The maximum Gasteiger partial charge on any atom is 0.165 e. The molecule has 1 aromatic heterocycles. The van der Waals surface area contributed by atoms with E-state index in [2.05, 4.69) is 39.2 Å². The van der Waals surface area contributed by atoms with E-state index in [0.717, 1.165) is 71.1 Å². The van der Waals surface area contributed by atoms with Crippen LogP contribution in [0.15, 0.2) is 0 Å². The average Bonchev–Trinajstić information content (AvgIpc) is 3.21. The topological polar surface area (TPSA) is 59.3 Å². The number of aromatic nitrogens is 4. The molecule has 3 rings (SSSR count). The largest absolute Gasteiger partial charge is 0.381 e. The van der Waals surface area contributed by atoms with E-state index in [0.29, 0.717) is 12.0 Å². The van der Waals surface area contributed by atoms with Crippen LogP contribution in [0.2, 0.25) is 0 Å². The molecule has 0 amide bonds. The Hall–Kier alpha value is -1.05. The maximum atomic E-state index is 5.44. The Morgan fingerprint density at radius 2 is 1.96 bits per heavy atom. The Morgan fingerprint density at radius 1 is 1.17 bits per heavy atom. The molecule has 0 saturated carbocycles. The lowest BCUT2D eigenvalue weighted by molar-refractivity contribution is 0.0594. The molecule has 0 N–H and O–H groups in total. The van der Waals surface area contributed by atoms with E-state index in [4.69, 9.17) is 4.74 Å². The molecule has 0 radical (unpaired) electrons. The van der Waals surface area contributed by atoms with E-state index in [1.54, 1.807) is 0 Å².